The lowest BCUT2D eigenvalue weighted by molar-refractivity contribution is -0.138. The van der Waals surface area contributed by atoms with Gasteiger partial charge in [0.15, 0.2) is 0 Å². The summed E-state index contributed by atoms with van der Waals surface area (Å²) in [5.41, 5.74) is 2.66. The fourth-order valence-corrected chi connectivity index (χ4v) is 3.02. The molecule has 0 bridgehead atoms. The van der Waals surface area contributed by atoms with E-state index in [2.05, 4.69) is 26.0 Å². The standard InChI is InChI=1S/C17H24O3/c1-4-12-9-14(20-5-2)6-7-15(12)11(3)8-13-10-16(13)17(18)19/h6-7,9,11,13,16H,4-5,8,10H2,1-3H3,(H,18,19). The Morgan fingerprint density at radius 3 is 2.75 bits per heavy atom. The van der Waals surface area contributed by atoms with Crippen molar-refractivity contribution < 1.29 is 14.6 Å². The molecule has 2 rings (SSSR count). The lowest BCUT2D eigenvalue weighted by Gasteiger charge is -2.17. The number of rotatable bonds is 7. The van der Waals surface area contributed by atoms with Gasteiger partial charge in [-0.3, -0.25) is 4.79 Å². The number of benzene rings is 1. The van der Waals surface area contributed by atoms with Crippen molar-refractivity contribution in [3.63, 3.8) is 0 Å². The zero-order chi connectivity index (χ0) is 14.7. The van der Waals surface area contributed by atoms with Crippen LogP contribution in [-0.2, 0) is 11.2 Å². The minimum Gasteiger partial charge on any atom is -0.494 e. The van der Waals surface area contributed by atoms with Gasteiger partial charge in [0.2, 0.25) is 0 Å². The molecular formula is C17H24O3. The van der Waals surface area contributed by atoms with Crippen molar-refractivity contribution in [2.45, 2.75) is 46.0 Å². The van der Waals surface area contributed by atoms with Crippen LogP contribution < -0.4 is 4.74 Å². The molecular weight excluding hydrogens is 252 g/mol. The van der Waals surface area contributed by atoms with Crippen LogP contribution in [0.3, 0.4) is 0 Å². The summed E-state index contributed by atoms with van der Waals surface area (Å²) in [5.74, 6) is 0.957. The molecule has 1 saturated carbocycles. The lowest BCUT2D eigenvalue weighted by atomic mass is 9.90. The Kier molecular flexibility index (Phi) is 4.69. The summed E-state index contributed by atoms with van der Waals surface area (Å²) in [4.78, 5) is 10.9. The number of hydrogen-bond donors (Lipinski definition) is 1. The largest absolute Gasteiger partial charge is 0.494 e. The van der Waals surface area contributed by atoms with Gasteiger partial charge in [-0.1, -0.05) is 19.9 Å². The molecule has 1 aromatic rings. The van der Waals surface area contributed by atoms with Gasteiger partial charge in [-0.2, -0.15) is 0 Å². The molecule has 0 saturated heterocycles. The van der Waals surface area contributed by atoms with Gasteiger partial charge in [0.1, 0.15) is 5.75 Å². The fraction of sp³-hybridized carbons (Fsp3) is 0.588. The molecule has 20 heavy (non-hydrogen) atoms. The molecule has 3 atom stereocenters. The van der Waals surface area contributed by atoms with Gasteiger partial charge < -0.3 is 9.84 Å². The van der Waals surface area contributed by atoms with Crippen molar-refractivity contribution in [1.29, 1.82) is 0 Å². The predicted molar refractivity (Wildman–Crippen MR) is 79.3 cm³/mol. The van der Waals surface area contributed by atoms with Gasteiger partial charge in [-0.25, -0.2) is 0 Å². The van der Waals surface area contributed by atoms with E-state index >= 15 is 0 Å². The highest BCUT2D eigenvalue weighted by Gasteiger charge is 2.43. The van der Waals surface area contributed by atoms with Crippen LogP contribution in [0.2, 0.25) is 0 Å². The summed E-state index contributed by atoms with van der Waals surface area (Å²) >= 11 is 0. The number of ether oxygens (including phenoxy) is 1. The first-order valence-corrected chi connectivity index (χ1v) is 7.55. The Balaban J connectivity index is 2.05. The van der Waals surface area contributed by atoms with Gasteiger partial charge >= 0.3 is 5.97 Å². The van der Waals surface area contributed by atoms with Crippen molar-refractivity contribution in [1.82, 2.24) is 0 Å². The summed E-state index contributed by atoms with van der Waals surface area (Å²) in [6, 6.07) is 6.29. The summed E-state index contributed by atoms with van der Waals surface area (Å²) in [5, 5.41) is 8.99. The normalized spacial score (nSPS) is 22.4. The summed E-state index contributed by atoms with van der Waals surface area (Å²) in [7, 11) is 0. The first-order chi connectivity index (χ1) is 9.56. The highest BCUT2D eigenvalue weighted by molar-refractivity contribution is 5.73. The van der Waals surface area contributed by atoms with Crippen LogP contribution in [0.5, 0.6) is 5.75 Å². The number of carbonyl (C=O) groups is 1. The molecule has 0 aliphatic heterocycles. The van der Waals surface area contributed by atoms with Crippen LogP contribution >= 0.6 is 0 Å². The van der Waals surface area contributed by atoms with Crippen LogP contribution in [-0.4, -0.2) is 17.7 Å². The third-order valence-corrected chi connectivity index (χ3v) is 4.23. The van der Waals surface area contributed by atoms with E-state index in [1.807, 2.05) is 13.0 Å². The Hall–Kier alpha value is -1.51. The quantitative estimate of drug-likeness (QED) is 0.822. The highest BCUT2D eigenvalue weighted by atomic mass is 16.5. The number of carboxylic acids is 1. The number of aryl methyl sites for hydroxylation is 1. The van der Waals surface area contributed by atoms with E-state index < -0.39 is 5.97 Å². The SMILES string of the molecule is CCOc1ccc(C(C)CC2CC2C(=O)O)c(CC)c1. The summed E-state index contributed by atoms with van der Waals surface area (Å²) in [6.45, 7) is 7.02. The van der Waals surface area contributed by atoms with Crippen LogP contribution in [0.1, 0.15) is 50.7 Å². The van der Waals surface area contributed by atoms with Crippen LogP contribution in [0, 0.1) is 11.8 Å². The molecule has 110 valence electrons. The molecule has 1 aliphatic rings. The molecule has 0 radical (unpaired) electrons. The molecule has 0 spiro atoms. The summed E-state index contributed by atoms with van der Waals surface area (Å²) < 4.78 is 5.55. The molecule has 3 unspecified atom stereocenters. The fourth-order valence-electron chi connectivity index (χ4n) is 3.02. The van der Waals surface area contributed by atoms with E-state index in [1.165, 1.54) is 11.1 Å². The highest BCUT2D eigenvalue weighted by Crippen LogP contribution is 2.45. The molecule has 1 aliphatic carbocycles. The zero-order valence-electron chi connectivity index (χ0n) is 12.6. The third-order valence-electron chi connectivity index (χ3n) is 4.23. The van der Waals surface area contributed by atoms with Crippen LogP contribution in [0.25, 0.3) is 0 Å². The average Bonchev–Trinajstić information content (AvgIpc) is 3.18. The van der Waals surface area contributed by atoms with Crippen molar-refractivity contribution in [3.05, 3.63) is 29.3 Å². The van der Waals surface area contributed by atoms with E-state index in [0.717, 1.165) is 25.0 Å². The molecule has 0 amide bonds. The second kappa shape index (κ2) is 6.29. The predicted octanol–water partition coefficient (Wildman–Crippen LogP) is 3.86. The Bertz CT molecular complexity index is 481. The van der Waals surface area contributed by atoms with Gasteiger partial charge in [-0.05, 0) is 61.3 Å². The zero-order valence-corrected chi connectivity index (χ0v) is 12.6. The van der Waals surface area contributed by atoms with Gasteiger partial charge in [0.25, 0.3) is 0 Å². The van der Waals surface area contributed by atoms with E-state index in [0.29, 0.717) is 18.4 Å². The molecule has 1 fully saturated rings. The molecule has 1 aromatic carbocycles. The third kappa shape index (κ3) is 3.33. The monoisotopic (exact) mass is 276 g/mol. The maximum atomic E-state index is 10.9. The number of aliphatic carboxylic acids is 1. The van der Waals surface area contributed by atoms with E-state index in [1.54, 1.807) is 0 Å². The van der Waals surface area contributed by atoms with E-state index in [4.69, 9.17) is 9.84 Å². The molecule has 1 N–H and O–H groups in total. The van der Waals surface area contributed by atoms with Gasteiger partial charge in [0.05, 0.1) is 12.5 Å². The number of hydrogen-bond acceptors (Lipinski definition) is 2. The second-order valence-electron chi connectivity index (χ2n) is 5.72. The van der Waals surface area contributed by atoms with Crippen LogP contribution in [0.15, 0.2) is 18.2 Å². The maximum Gasteiger partial charge on any atom is 0.306 e. The van der Waals surface area contributed by atoms with Gasteiger partial charge in [-0.15, -0.1) is 0 Å². The van der Waals surface area contributed by atoms with Crippen molar-refractivity contribution in [2.24, 2.45) is 11.8 Å². The first-order valence-electron chi connectivity index (χ1n) is 7.55. The van der Waals surface area contributed by atoms with Crippen molar-refractivity contribution in [3.8, 4) is 5.75 Å². The van der Waals surface area contributed by atoms with E-state index in [9.17, 15) is 4.79 Å². The van der Waals surface area contributed by atoms with Crippen molar-refractivity contribution >= 4 is 5.97 Å². The lowest BCUT2D eigenvalue weighted by Crippen LogP contribution is -2.04. The molecule has 0 heterocycles. The van der Waals surface area contributed by atoms with Gasteiger partial charge in [0, 0.05) is 0 Å². The van der Waals surface area contributed by atoms with E-state index in [-0.39, 0.29) is 5.92 Å². The minimum atomic E-state index is -0.635. The van der Waals surface area contributed by atoms with Crippen molar-refractivity contribution in [2.75, 3.05) is 6.61 Å². The Morgan fingerprint density at radius 1 is 1.45 bits per heavy atom. The molecule has 3 nitrogen and oxygen atoms in total. The number of carboxylic acid groups (broad SMARTS) is 1. The Morgan fingerprint density at radius 2 is 2.20 bits per heavy atom. The molecule has 3 heteroatoms. The average molecular weight is 276 g/mol. The second-order valence-corrected chi connectivity index (χ2v) is 5.72. The maximum absolute atomic E-state index is 10.9. The molecule has 0 aromatic heterocycles. The van der Waals surface area contributed by atoms with Crippen LogP contribution in [0.4, 0.5) is 0 Å². The topological polar surface area (TPSA) is 46.5 Å². The first kappa shape index (κ1) is 14.9. The smallest absolute Gasteiger partial charge is 0.306 e. The minimum absolute atomic E-state index is 0.106. The Labute approximate surface area is 121 Å². The summed E-state index contributed by atoms with van der Waals surface area (Å²) in [6.07, 6.45) is 2.80.